The first-order valence-electron chi connectivity index (χ1n) is 8.68. The molecule has 7 heteroatoms. The average molecular weight is 419 g/mol. The highest BCUT2D eigenvalue weighted by molar-refractivity contribution is 6.32. The molecule has 0 heterocycles. The molecule has 28 heavy (non-hydrogen) atoms. The van der Waals surface area contributed by atoms with E-state index in [1.807, 2.05) is 19.9 Å². The number of amides is 1. The molecule has 0 aromatic heterocycles. The van der Waals surface area contributed by atoms with Crippen molar-refractivity contribution in [2.24, 2.45) is 0 Å². The van der Waals surface area contributed by atoms with Gasteiger partial charge in [-0.3, -0.25) is 4.79 Å². The number of carbonyl (C=O) groups excluding carboxylic acids is 1. The van der Waals surface area contributed by atoms with Gasteiger partial charge >= 0.3 is 0 Å². The number of nitrogens with one attached hydrogen (secondary N) is 1. The van der Waals surface area contributed by atoms with Crippen molar-refractivity contribution in [2.75, 3.05) is 18.5 Å². The number of carbonyl (C=O) groups is 1. The smallest absolute Gasteiger partial charge is 0.266 e. The van der Waals surface area contributed by atoms with E-state index in [9.17, 15) is 10.1 Å². The number of halogens is 2. The van der Waals surface area contributed by atoms with E-state index in [0.29, 0.717) is 46.0 Å². The van der Waals surface area contributed by atoms with E-state index in [1.165, 1.54) is 6.08 Å². The minimum absolute atomic E-state index is 0.0814. The molecule has 2 aromatic carbocycles. The lowest BCUT2D eigenvalue weighted by Gasteiger charge is -2.13. The summed E-state index contributed by atoms with van der Waals surface area (Å²) in [5, 5.41) is 13.0. The summed E-state index contributed by atoms with van der Waals surface area (Å²) in [6.45, 7) is 6.32. The summed E-state index contributed by atoms with van der Waals surface area (Å²) in [5.74, 6) is 0.336. The number of rotatable bonds is 7. The van der Waals surface area contributed by atoms with Gasteiger partial charge in [-0.1, -0.05) is 29.3 Å². The molecule has 0 fully saturated rings. The van der Waals surface area contributed by atoms with Gasteiger partial charge in [-0.2, -0.15) is 5.26 Å². The number of benzene rings is 2. The molecule has 0 spiro atoms. The summed E-state index contributed by atoms with van der Waals surface area (Å²) in [4.78, 5) is 12.5. The Morgan fingerprint density at radius 2 is 1.89 bits per heavy atom. The highest BCUT2D eigenvalue weighted by Crippen LogP contribution is 2.37. The molecule has 2 rings (SSSR count). The van der Waals surface area contributed by atoms with Crippen molar-refractivity contribution < 1.29 is 14.3 Å². The lowest BCUT2D eigenvalue weighted by atomic mass is 10.1. The van der Waals surface area contributed by atoms with Crippen molar-refractivity contribution >= 4 is 40.9 Å². The SMILES string of the molecule is CCOc1cc(/C=C(\C#N)C(=O)Nc2cccc(Cl)c2C)cc(Cl)c1OCC. The Morgan fingerprint density at radius 3 is 2.54 bits per heavy atom. The summed E-state index contributed by atoms with van der Waals surface area (Å²) >= 11 is 12.4. The molecule has 0 bridgehead atoms. The molecule has 0 saturated carbocycles. The van der Waals surface area contributed by atoms with Crippen LogP contribution in [0.15, 0.2) is 35.9 Å². The van der Waals surface area contributed by atoms with E-state index < -0.39 is 5.91 Å². The Bertz CT molecular complexity index is 949. The first-order valence-corrected chi connectivity index (χ1v) is 9.44. The zero-order valence-electron chi connectivity index (χ0n) is 15.8. The molecule has 0 aliphatic heterocycles. The minimum atomic E-state index is -0.546. The Labute approximate surface area is 174 Å². The maximum Gasteiger partial charge on any atom is 0.266 e. The lowest BCUT2D eigenvalue weighted by molar-refractivity contribution is -0.112. The van der Waals surface area contributed by atoms with Crippen LogP contribution in [0, 0.1) is 18.3 Å². The molecule has 0 radical (unpaired) electrons. The zero-order chi connectivity index (χ0) is 20.7. The summed E-state index contributed by atoms with van der Waals surface area (Å²) in [5.41, 5.74) is 1.73. The molecule has 1 N–H and O–H groups in total. The van der Waals surface area contributed by atoms with Gasteiger partial charge in [0.1, 0.15) is 11.6 Å². The van der Waals surface area contributed by atoms with Crippen LogP contribution in [0.1, 0.15) is 25.0 Å². The first-order chi connectivity index (χ1) is 13.4. The third-order valence-electron chi connectivity index (χ3n) is 3.81. The summed E-state index contributed by atoms with van der Waals surface area (Å²) < 4.78 is 11.1. The molecule has 0 aliphatic rings. The van der Waals surface area contributed by atoms with Crippen LogP contribution in [0.2, 0.25) is 10.0 Å². The van der Waals surface area contributed by atoms with Gasteiger partial charge < -0.3 is 14.8 Å². The van der Waals surface area contributed by atoms with Crippen LogP contribution in [0.25, 0.3) is 6.08 Å². The number of hydrogen-bond donors (Lipinski definition) is 1. The number of anilines is 1. The molecule has 0 unspecified atom stereocenters. The third kappa shape index (κ3) is 5.19. The van der Waals surface area contributed by atoms with Gasteiger partial charge in [0.05, 0.1) is 18.2 Å². The molecular formula is C21H20Cl2N2O3. The van der Waals surface area contributed by atoms with Gasteiger partial charge in [-0.15, -0.1) is 0 Å². The molecule has 0 saturated heterocycles. The van der Waals surface area contributed by atoms with Gasteiger partial charge in [0.25, 0.3) is 5.91 Å². The number of nitrogens with zero attached hydrogens (tertiary/aromatic N) is 1. The van der Waals surface area contributed by atoms with Crippen LogP contribution < -0.4 is 14.8 Å². The van der Waals surface area contributed by atoms with Crippen molar-refractivity contribution in [3.05, 3.63) is 57.1 Å². The lowest BCUT2D eigenvalue weighted by Crippen LogP contribution is -2.14. The Morgan fingerprint density at radius 1 is 1.18 bits per heavy atom. The van der Waals surface area contributed by atoms with Crippen molar-refractivity contribution in [1.29, 1.82) is 5.26 Å². The Balaban J connectivity index is 2.36. The first kappa shape index (κ1) is 21.6. The quantitative estimate of drug-likeness (QED) is 0.465. The fourth-order valence-corrected chi connectivity index (χ4v) is 2.91. The van der Waals surface area contributed by atoms with E-state index in [-0.39, 0.29) is 5.57 Å². The van der Waals surface area contributed by atoms with Crippen LogP contribution in [0.5, 0.6) is 11.5 Å². The molecule has 5 nitrogen and oxygen atoms in total. The predicted molar refractivity (Wildman–Crippen MR) is 112 cm³/mol. The van der Waals surface area contributed by atoms with E-state index in [1.54, 1.807) is 37.3 Å². The maximum atomic E-state index is 12.5. The zero-order valence-corrected chi connectivity index (χ0v) is 17.3. The van der Waals surface area contributed by atoms with Crippen LogP contribution in [-0.2, 0) is 4.79 Å². The monoisotopic (exact) mass is 418 g/mol. The van der Waals surface area contributed by atoms with E-state index in [2.05, 4.69) is 5.32 Å². The molecule has 1 amide bonds. The van der Waals surface area contributed by atoms with Gasteiger partial charge in [-0.05, 0) is 62.2 Å². The normalized spacial score (nSPS) is 10.9. The van der Waals surface area contributed by atoms with Crippen molar-refractivity contribution in [3.63, 3.8) is 0 Å². The van der Waals surface area contributed by atoms with Crippen LogP contribution in [-0.4, -0.2) is 19.1 Å². The average Bonchev–Trinajstić information content (AvgIpc) is 2.66. The second-order valence-electron chi connectivity index (χ2n) is 5.73. The summed E-state index contributed by atoms with van der Waals surface area (Å²) in [7, 11) is 0. The molecule has 0 aliphatic carbocycles. The minimum Gasteiger partial charge on any atom is -0.490 e. The number of hydrogen-bond acceptors (Lipinski definition) is 4. The fraction of sp³-hybridized carbons (Fsp3) is 0.238. The van der Waals surface area contributed by atoms with Gasteiger partial charge in [0.15, 0.2) is 11.5 Å². The van der Waals surface area contributed by atoms with Gasteiger partial charge in [-0.25, -0.2) is 0 Å². The summed E-state index contributed by atoms with van der Waals surface area (Å²) in [6.07, 6.45) is 1.44. The second-order valence-corrected chi connectivity index (χ2v) is 6.55. The number of nitriles is 1. The van der Waals surface area contributed by atoms with E-state index in [0.717, 1.165) is 5.56 Å². The summed E-state index contributed by atoms with van der Waals surface area (Å²) in [6, 6.07) is 10.4. The van der Waals surface area contributed by atoms with Gasteiger partial charge in [0, 0.05) is 10.7 Å². The topological polar surface area (TPSA) is 71.3 Å². The molecule has 146 valence electrons. The van der Waals surface area contributed by atoms with Gasteiger partial charge in [0.2, 0.25) is 0 Å². The van der Waals surface area contributed by atoms with Crippen LogP contribution in [0.4, 0.5) is 5.69 Å². The standard InChI is InChI=1S/C21H20Cl2N2O3/c1-4-27-19-11-14(10-17(23)20(19)28-5-2)9-15(12-24)21(26)25-18-8-6-7-16(22)13(18)3/h6-11H,4-5H2,1-3H3,(H,25,26)/b15-9+. The highest BCUT2D eigenvalue weighted by Gasteiger charge is 2.15. The maximum absolute atomic E-state index is 12.5. The van der Waals surface area contributed by atoms with Crippen molar-refractivity contribution in [3.8, 4) is 17.6 Å². The molecule has 0 atom stereocenters. The van der Waals surface area contributed by atoms with Crippen LogP contribution >= 0.6 is 23.2 Å². The Hall–Kier alpha value is -2.68. The largest absolute Gasteiger partial charge is 0.490 e. The molecule has 2 aromatic rings. The van der Waals surface area contributed by atoms with Crippen molar-refractivity contribution in [1.82, 2.24) is 0 Å². The molecular weight excluding hydrogens is 399 g/mol. The van der Waals surface area contributed by atoms with Crippen molar-refractivity contribution in [2.45, 2.75) is 20.8 Å². The Kier molecular flexibility index (Phi) is 7.74. The number of ether oxygens (including phenoxy) is 2. The third-order valence-corrected chi connectivity index (χ3v) is 4.50. The van der Waals surface area contributed by atoms with Crippen LogP contribution in [0.3, 0.4) is 0 Å². The van der Waals surface area contributed by atoms with E-state index in [4.69, 9.17) is 32.7 Å². The fourth-order valence-electron chi connectivity index (χ4n) is 2.47. The van der Waals surface area contributed by atoms with E-state index >= 15 is 0 Å². The highest BCUT2D eigenvalue weighted by atomic mass is 35.5. The second kappa shape index (κ2) is 10.0. The predicted octanol–water partition coefficient (Wildman–Crippen LogP) is 5.64.